The Balaban J connectivity index is 0.000000292. The van der Waals surface area contributed by atoms with Crippen molar-refractivity contribution in [3.05, 3.63) is 35.4 Å². The van der Waals surface area contributed by atoms with Crippen molar-refractivity contribution in [2.75, 3.05) is 6.54 Å². The number of hydrogen-bond acceptors (Lipinski definition) is 3. The third kappa shape index (κ3) is 5.75. The minimum absolute atomic E-state index is 0.278. The van der Waals surface area contributed by atoms with Gasteiger partial charge in [0.2, 0.25) is 0 Å². The number of hydrogen-bond donors (Lipinski definition) is 2. The lowest BCUT2D eigenvalue weighted by Crippen LogP contribution is -2.10. The van der Waals surface area contributed by atoms with Crippen LogP contribution in [-0.2, 0) is 4.79 Å². The molecule has 0 aliphatic rings. The van der Waals surface area contributed by atoms with Crippen molar-refractivity contribution in [2.45, 2.75) is 6.92 Å². The Labute approximate surface area is 82.6 Å². The number of nitriles is 1. The molecule has 14 heavy (non-hydrogen) atoms. The van der Waals surface area contributed by atoms with E-state index in [9.17, 15) is 4.79 Å². The van der Waals surface area contributed by atoms with Crippen LogP contribution >= 0.6 is 0 Å². The molecule has 1 aromatic rings. The average Bonchev–Trinajstić information content (AvgIpc) is 2.18. The minimum atomic E-state index is -0.968. The fraction of sp³-hybridized carbons (Fsp3) is 0.200. The van der Waals surface area contributed by atoms with Gasteiger partial charge in [-0.1, -0.05) is 12.1 Å². The van der Waals surface area contributed by atoms with E-state index in [0.29, 0.717) is 0 Å². The van der Waals surface area contributed by atoms with Crippen LogP contribution < -0.4 is 5.73 Å². The van der Waals surface area contributed by atoms with Crippen molar-refractivity contribution in [2.24, 2.45) is 5.73 Å². The molecule has 0 atom stereocenters. The number of nitrogens with two attached hydrogens (primary N) is 1. The summed E-state index contributed by atoms with van der Waals surface area (Å²) in [5.41, 5.74) is 6.44. The predicted molar refractivity (Wildman–Crippen MR) is 52.6 cm³/mol. The largest absolute Gasteiger partial charge is 0.480 e. The van der Waals surface area contributed by atoms with Crippen LogP contribution in [0.4, 0.5) is 0 Å². The van der Waals surface area contributed by atoms with Crippen molar-refractivity contribution in [3.63, 3.8) is 0 Å². The maximum atomic E-state index is 9.24. The highest BCUT2D eigenvalue weighted by molar-refractivity contribution is 5.68. The van der Waals surface area contributed by atoms with Crippen molar-refractivity contribution in [3.8, 4) is 6.07 Å². The molecule has 0 saturated heterocycles. The number of aryl methyl sites for hydroxylation is 1. The first kappa shape index (κ1) is 12.1. The van der Waals surface area contributed by atoms with Crippen LogP contribution in [-0.4, -0.2) is 17.6 Å². The van der Waals surface area contributed by atoms with Crippen molar-refractivity contribution >= 4 is 5.97 Å². The van der Waals surface area contributed by atoms with Crippen LogP contribution in [0.2, 0.25) is 0 Å². The first-order chi connectivity index (χ1) is 6.60. The molecule has 3 N–H and O–H groups in total. The molecule has 0 aliphatic carbocycles. The summed E-state index contributed by atoms with van der Waals surface area (Å²) in [4.78, 5) is 9.24. The Hall–Kier alpha value is -1.86. The van der Waals surface area contributed by atoms with E-state index < -0.39 is 5.97 Å². The lowest BCUT2D eigenvalue weighted by atomic mass is 10.2. The second kappa shape index (κ2) is 6.63. The number of carboxylic acids is 1. The molecule has 0 fully saturated rings. The molecule has 0 aliphatic heterocycles. The van der Waals surface area contributed by atoms with E-state index >= 15 is 0 Å². The number of carboxylic acid groups (broad SMARTS) is 1. The van der Waals surface area contributed by atoms with Crippen LogP contribution in [0.15, 0.2) is 24.3 Å². The smallest absolute Gasteiger partial charge is 0.317 e. The molecule has 0 aromatic heterocycles. The van der Waals surface area contributed by atoms with Crippen molar-refractivity contribution in [1.82, 2.24) is 0 Å². The van der Waals surface area contributed by atoms with E-state index in [1.165, 1.54) is 0 Å². The van der Waals surface area contributed by atoms with Crippen LogP contribution in [0, 0.1) is 18.3 Å². The van der Waals surface area contributed by atoms with Gasteiger partial charge < -0.3 is 10.8 Å². The molecule has 1 rings (SSSR count). The van der Waals surface area contributed by atoms with Gasteiger partial charge in [0.1, 0.15) is 0 Å². The second-order valence-corrected chi connectivity index (χ2v) is 2.58. The van der Waals surface area contributed by atoms with Crippen LogP contribution in [0.1, 0.15) is 11.1 Å². The van der Waals surface area contributed by atoms with Crippen LogP contribution in [0.3, 0.4) is 0 Å². The molecule has 4 nitrogen and oxygen atoms in total. The summed E-state index contributed by atoms with van der Waals surface area (Å²) in [6, 6.07) is 9.58. The van der Waals surface area contributed by atoms with Gasteiger partial charge in [0.05, 0.1) is 18.2 Å². The van der Waals surface area contributed by atoms with Gasteiger partial charge in [0.15, 0.2) is 0 Å². The monoisotopic (exact) mass is 192 g/mol. The average molecular weight is 192 g/mol. The fourth-order valence-corrected chi connectivity index (χ4v) is 0.715. The van der Waals surface area contributed by atoms with Crippen molar-refractivity contribution < 1.29 is 9.90 Å². The molecular formula is C10H12N2O2. The molecule has 0 heterocycles. The zero-order valence-corrected chi connectivity index (χ0v) is 7.90. The molecule has 0 unspecified atom stereocenters. The molecule has 74 valence electrons. The molecule has 0 saturated carbocycles. The van der Waals surface area contributed by atoms with Crippen LogP contribution in [0.25, 0.3) is 0 Å². The van der Waals surface area contributed by atoms with Gasteiger partial charge >= 0.3 is 5.97 Å². The van der Waals surface area contributed by atoms with Gasteiger partial charge in [-0.3, -0.25) is 4.79 Å². The highest BCUT2D eigenvalue weighted by Gasteiger charge is 1.86. The predicted octanol–water partition coefficient (Wildman–Crippen LogP) is 0.896. The third-order valence-electron chi connectivity index (χ3n) is 1.32. The standard InChI is InChI=1S/C8H7N.C2H5NO2/c1-7-3-2-4-8(5-7)6-9;3-1-2(4)5/h2-5H,1H3;1,3H2,(H,4,5). The fourth-order valence-electron chi connectivity index (χ4n) is 0.715. The zero-order valence-electron chi connectivity index (χ0n) is 7.90. The number of rotatable bonds is 1. The van der Waals surface area contributed by atoms with E-state index in [-0.39, 0.29) is 6.54 Å². The SMILES string of the molecule is Cc1cccc(C#N)c1.NCC(=O)O. The Morgan fingerprint density at radius 2 is 2.21 bits per heavy atom. The Kier molecular flexibility index (Phi) is 5.75. The zero-order chi connectivity index (χ0) is 11.0. The van der Waals surface area contributed by atoms with E-state index in [2.05, 4.69) is 11.8 Å². The molecule has 0 spiro atoms. The summed E-state index contributed by atoms with van der Waals surface area (Å²) in [6.45, 7) is 1.70. The van der Waals surface area contributed by atoms with Gasteiger partial charge in [-0.2, -0.15) is 5.26 Å². The first-order valence-corrected chi connectivity index (χ1v) is 3.98. The lowest BCUT2D eigenvalue weighted by Gasteiger charge is -1.88. The Bertz CT molecular complexity index is 342. The lowest BCUT2D eigenvalue weighted by molar-refractivity contribution is -0.135. The number of benzene rings is 1. The summed E-state index contributed by atoms with van der Waals surface area (Å²) < 4.78 is 0. The maximum Gasteiger partial charge on any atom is 0.317 e. The molecule has 0 radical (unpaired) electrons. The highest BCUT2D eigenvalue weighted by Crippen LogP contribution is 2.00. The van der Waals surface area contributed by atoms with E-state index in [1.54, 1.807) is 6.07 Å². The van der Waals surface area contributed by atoms with E-state index in [0.717, 1.165) is 11.1 Å². The highest BCUT2D eigenvalue weighted by atomic mass is 16.4. The molecule has 4 heteroatoms. The van der Waals surface area contributed by atoms with Crippen molar-refractivity contribution in [1.29, 1.82) is 5.26 Å². The van der Waals surface area contributed by atoms with E-state index in [1.807, 2.05) is 25.1 Å². The summed E-state index contributed by atoms with van der Waals surface area (Å²) in [7, 11) is 0. The summed E-state index contributed by atoms with van der Waals surface area (Å²) in [5.74, 6) is -0.968. The summed E-state index contributed by atoms with van der Waals surface area (Å²) in [6.07, 6.45) is 0. The topological polar surface area (TPSA) is 87.1 Å². The summed E-state index contributed by atoms with van der Waals surface area (Å²) in [5, 5.41) is 16.0. The quantitative estimate of drug-likeness (QED) is 0.691. The third-order valence-corrected chi connectivity index (χ3v) is 1.32. The molecular weight excluding hydrogens is 180 g/mol. The first-order valence-electron chi connectivity index (χ1n) is 3.98. The van der Waals surface area contributed by atoms with Gasteiger partial charge in [-0.25, -0.2) is 0 Å². The number of carbonyl (C=O) groups is 1. The van der Waals surface area contributed by atoms with E-state index in [4.69, 9.17) is 10.4 Å². The Morgan fingerprint density at radius 1 is 1.64 bits per heavy atom. The van der Waals surface area contributed by atoms with Gasteiger partial charge in [-0.05, 0) is 24.6 Å². The normalized spacial score (nSPS) is 8.07. The second-order valence-electron chi connectivity index (χ2n) is 2.58. The van der Waals surface area contributed by atoms with Crippen LogP contribution in [0.5, 0.6) is 0 Å². The molecule has 0 amide bonds. The molecule has 1 aromatic carbocycles. The number of nitrogens with zero attached hydrogens (tertiary/aromatic N) is 1. The van der Waals surface area contributed by atoms with Gasteiger partial charge in [0.25, 0.3) is 0 Å². The number of aliphatic carboxylic acids is 1. The minimum Gasteiger partial charge on any atom is -0.480 e. The summed E-state index contributed by atoms with van der Waals surface area (Å²) >= 11 is 0. The molecule has 0 bridgehead atoms. The van der Waals surface area contributed by atoms with Gasteiger partial charge in [0, 0.05) is 0 Å². The maximum absolute atomic E-state index is 9.24. The Morgan fingerprint density at radius 3 is 2.50 bits per heavy atom. The van der Waals surface area contributed by atoms with Gasteiger partial charge in [-0.15, -0.1) is 0 Å².